The Balaban J connectivity index is 2.30. The van der Waals surface area contributed by atoms with Gasteiger partial charge in [-0.1, -0.05) is 6.92 Å². The lowest BCUT2D eigenvalue weighted by Crippen LogP contribution is -1.98. The minimum atomic E-state index is 0.904. The van der Waals surface area contributed by atoms with E-state index in [9.17, 15) is 0 Å². The summed E-state index contributed by atoms with van der Waals surface area (Å²) in [7, 11) is 1.73. The number of hydrogen-bond donors (Lipinski definition) is 0. The van der Waals surface area contributed by atoms with Crippen LogP contribution in [-0.4, -0.2) is 16.7 Å². The molecule has 0 amide bonds. The van der Waals surface area contributed by atoms with Gasteiger partial charge in [-0.25, -0.2) is 0 Å². The lowest BCUT2D eigenvalue weighted by atomic mass is 9.97. The summed E-state index contributed by atoms with van der Waals surface area (Å²) in [5.74, 6) is 0.904. The molecule has 0 atom stereocenters. The van der Waals surface area contributed by atoms with Gasteiger partial charge in [-0.05, 0) is 61.0 Å². The molecule has 24 heavy (non-hydrogen) atoms. The van der Waals surface area contributed by atoms with Crippen molar-refractivity contribution in [2.75, 3.05) is 7.11 Å². The molecule has 0 saturated carbocycles. The van der Waals surface area contributed by atoms with E-state index < -0.39 is 0 Å². The van der Waals surface area contributed by atoms with Crippen molar-refractivity contribution in [2.24, 2.45) is 0 Å². The van der Waals surface area contributed by atoms with Crippen molar-refractivity contribution < 1.29 is 4.74 Å². The number of aryl methyl sites for hydroxylation is 3. The summed E-state index contributed by atoms with van der Waals surface area (Å²) >= 11 is 0. The molecule has 0 radical (unpaired) electrons. The second-order valence-electron chi connectivity index (χ2n) is 6.43. The van der Waals surface area contributed by atoms with Crippen LogP contribution in [0.4, 0.5) is 0 Å². The van der Waals surface area contributed by atoms with Crippen molar-refractivity contribution in [3.63, 3.8) is 0 Å². The zero-order valence-electron chi connectivity index (χ0n) is 14.7. The molecule has 2 aromatic carbocycles. The third-order valence-electron chi connectivity index (χ3n) is 5.08. The van der Waals surface area contributed by atoms with E-state index in [0.29, 0.717) is 0 Å². The molecule has 3 nitrogen and oxygen atoms in total. The molecule has 4 aromatic rings. The highest BCUT2D eigenvalue weighted by Gasteiger charge is 2.18. The van der Waals surface area contributed by atoms with E-state index in [4.69, 9.17) is 4.74 Å². The highest BCUT2D eigenvalue weighted by Crippen LogP contribution is 2.39. The molecule has 3 heteroatoms. The third-order valence-corrected chi connectivity index (χ3v) is 5.08. The molecule has 0 unspecified atom stereocenters. The molecule has 0 N–H and O–H groups in total. The van der Waals surface area contributed by atoms with Crippen LogP contribution in [0.5, 0.6) is 5.75 Å². The van der Waals surface area contributed by atoms with Gasteiger partial charge in [-0.2, -0.15) is 0 Å². The third kappa shape index (κ3) is 1.94. The second kappa shape index (κ2) is 5.52. The molecule has 0 bridgehead atoms. The van der Waals surface area contributed by atoms with E-state index in [1.54, 1.807) is 7.11 Å². The second-order valence-corrected chi connectivity index (χ2v) is 6.43. The molecule has 122 valence electrons. The first-order valence-electron chi connectivity index (χ1n) is 8.50. The van der Waals surface area contributed by atoms with Gasteiger partial charge in [-0.15, -0.1) is 0 Å². The maximum Gasteiger partial charge on any atom is 0.119 e. The summed E-state index contributed by atoms with van der Waals surface area (Å²) in [5, 5.41) is 5.13. The maximum absolute atomic E-state index is 5.48. The van der Waals surface area contributed by atoms with E-state index in [-0.39, 0.29) is 0 Å². The van der Waals surface area contributed by atoms with Gasteiger partial charge in [0, 0.05) is 40.6 Å². The zero-order valence-corrected chi connectivity index (χ0v) is 14.7. The Hall–Kier alpha value is -2.55. The van der Waals surface area contributed by atoms with Gasteiger partial charge in [0.15, 0.2) is 0 Å². The molecule has 0 aliphatic carbocycles. The summed E-state index contributed by atoms with van der Waals surface area (Å²) < 4.78 is 7.94. The Morgan fingerprint density at radius 2 is 1.88 bits per heavy atom. The molecule has 0 saturated heterocycles. The van der Waals surface area contributed by atoms with E-state index in [2.05, 4.69) is 54.6 Å². The SMILES string of the molecule is CCCn1c2ccc(OC)cc2c2c(C)c3cnccc3c(C)c21. The first-order chi connectivity index (χ1) is 11.7. The van der Waals surface area contributed by atoms with Crippen LogP contribution >= 0.6 is 0 Å². The summed E-state index contributed by atoms with van der Waals surface area (Å²) in [6, 6.07) is 8.54. The average molecular weight is 318 g/mol. The van der Waals surface area contributed by atoms with E-state index in [0.717, 1.165) is 18.7 Å². The zero-order chi connectivity index (χ0) is 16.8. The maximum atomic E-state index is 5.48. The topological polar surface area (TPSA) is 27.1 Å². The van der Waals surface area contributed by atoms with E-state index >= 15 is 0 Å². The van der Waals surface area contributed by atoms with Gasteiger partial charge < -0.3 is 9.30 Å². The molecule has 4 rings (SSSR count). The van der Waals surface area contributed by atoms with Crippen molar-refractivity contribution >= 4 is 32.6 Å². The molecule has 2 aromatic heterocycles. The van der Waals surface area contributed by atoms with Crippen molar-refractivity contribution in [3.05, 3.63) is 47.8 Å². The van der Waals surface area contributed by atoms with Crippen LogP contribution in [0.1, 0.15) is 24.5 Å². The minimum absolute atomic E-state index is 0.904. The number of benzene rings is 2. The monoisotopic (exact) mass is 318 g/mol. The summed E-state index contributed by atoms with van der Waals surface area (Å²) in [5.41, 5.74) is 5.25. The molecule has 0 spiro atoms. The number of pyridine rings is 1. The first-order valence-corrected chi connectivity index (χ1v) is 8.50. The van der Waals surface area contributed by atoms with Crippen LogP contribution in [0.2, 0.25) is 0 Å². The first kappa shape index (κ1) is 15.0. The fourth-order valence-corrected chi connectivity index (χ4v) is 3.97. The Labute approximate surface area is 141 Å². The fraction of sp³-hybridized carbons (Fsp3) is 0.286. The Bertz CT molecular complexity index is 1080. The Morgan fingerprint density at radius 1 is 1.04 bits per heavy atom. The predicted molar refractivity (Wildman–Crippen MR) is 101 cm³/mol. The van der Waals surface area contributed by atoms with Gasteiger partial charge in [0.2, 0.25) is 0 Å². The van der Waals surface area contributed by atoms with E-state index in [1.807, 2.05) is 12.4 Å². The van der Waals surface area contributed by atoms with Gasteiger partial charge >= 0.3 is 0 Å². The predicted octanol–water partition coefficient (Wildman–Crippen LogP) is 5.38. The van der Waals surface area contributed by atoms with Gasteiger partial charge in [-0.3, -0.25) is 4.98 Å². The molecule has 2 heterocycles. The number of methoxy groups -OCH3 is 1. The highest BCUT2D eigenvalue weighted by molar-refractivity contribution is 6.17. The molecule has 0 fully saturated rings. The molecule has 0 aliphatic rings. The van der Waals surface area contributed by atoms with Crippen LogP contribution in [0.15, 0.2) is 36.7 Å². The van der Waals surface area contributed by atoms with E-state index in [1.165, 1.54) is 43.7 Å². The number of hydrogen-bond acceptors (Lipinski definition) is 2. The lowest BCUT2D eigenvalue weighted by Gasteiger charge is -2.12. The number of nitrogens with zero attached hydrogens (tertiary/aromatic N) is 2. The minimum Gasteiger partial charge on any atom is -0.497 e. The quantitative estimate of drug-likeness (QED) is 0.507. The standard InChI is InChI=1S/C21H22N2O/c1-5-10-23-19-7-6-15(24-4)11-17(19)20-13(2)18-12-22-9-8-16(18)14(3)21(20)23/h6-9,11-12H,5,10H2,1-4H3. The van der Waals surface area contributed by atoms with Crippen LogP contribution in [0.25, 0.3) is 32.6 Å². The van der Waals surface area contributed by atoms with Crippen molar-refractivity contribution in [3.8, 4) is 5.75 Å². The smallest absolute Gasteiger partial charge is 0.119 e. The summed E-state index contributed by atoms with van der Waals surface area (Å²) in [6.45, 7) is 7.69. The normalized spacial score (nSPS) is 11.7. The molecule has 0 aliphatic heterocycles. The highest BCUT2D eigenvalue weighted by atomic mass is 16.5. The van der Waals surface area contributed by atoms with Crippen LogP contribution in [0.3, 0.4) is 0 Å². The average Bonchev–Trinajstić information content (AvgIpc) is 2.94. The van der Waals surface area contributed by atoms with Crippen molar-refractivity contribution in [1.29, 1.82) is 0 Å². The Kier molecular flexibility index (Phi) is 3.45. The van der Waals surface area contributed by atoms with Gasteiger partial charge in [0.25, 0.3) is 0 Å². The van der Waals surface area contributed by atoms with Crippen molar-refractivity contribution in [2.45, 2.75) is 33.7 Å². The van der Waals surface area contributed by atoms with Crippen molar-refractivity contribution in [1.82, 2.24) is 9.55 Å². The summed E-state index contributed by atoms with van der Waals surface area (Å²) in [4.78, 5) is 4.35. The Morgan fingerprint density at radius 3 is 2.62 bits per heavy atom. The molecular formula is C21H22N2O. The number of rotatable bonds is 3. The van der Waals surface area contributed by atoms with Crippen LogP contribution in [0, 0.1) is 13.8 Å². The number of ether oxygens (including phenoxy) is 1. The fourth-order valence-electron chi connectivity index (χ4n) is 3.97. The summed E-state index contributed by atoms with van der Waals surface area (Å²) in [6.07, 6.45) is 4.98. The van der Waals surface area contributed by atoms with Gasteiger partial charge in [0.05, 0.1) is 12.6 Å². The number of fused-ring (bicyclic) bond motifs is 4. The lowest BCUT2D eigenvalue weighted by molar-refractivity contribution is 0.415. The number of aromatic nitrogens is 2. The largest absolute Gasteiger partial charge is 0.497 e. The van der Waals surface area contributed by atoms with Crippen LogP contribution < -0.4 is 4.74 Å². The molecular weight excluding hydrogens is 296 g/mol. The van der Waals surface area contributed by atoms with Crippen LogP contribution in [-0.2, 0) is 6.54 Å². The van der Waals surface area contributed by atoms with Gasteiger partial charge in [0.1, 0.15) is 5.75 Å².